The molecule has 0 bridgehead atoms. The summed E-state index contributed by atoms with van der Waals surface area (Å²) in [4.78, 5) is 4.25. The van der Waals surface area contributed by atoms with Crippen molar-refractivity contribution in [3.05, 3.63) is 36.5 Å². The number of benzene rings is 1. The van der Waals surface area contributed by atoms with Gasteiger partial charge in [0.15, 0.2) is 0 Å². The summed E-state index contributed by atoms with van der Waals surface area (Å²) in [6.07, 6.45) is 1.80. The molecule has 2 rings (SSSR count). The number of ether oxygens (including phenoxy) is 1. The maximum absolute atomic E-state index is 5.56. The van der Waals surface area contributed by atoms with Gasteiger partial charge in [-0.1, -0.05) is 6.07 Å². The van der Waals surface area contributed by atoms with Crippen LogP contribution in [-0.4, -0.2) is 25.2 Å². The lowest BCUT2D eigenvalue weighted by atomic mass is 10.2. The molecule has 0 radical (unpaired) electrons. The first-order valence-electron chi connectivity index (χ1n) is 5.02. The first kappa shape index (κ1) is 9.93. The molecule has 1 aromatic carbocycles. The molecule has 0 amide bonds. The third-order valence-corrected chi connectivity index (χ3v) is 2.20. The fourth-order valence-corrected chi connectivity index (χ4v) is 1.41. The zero-order chi connectivity index (χ0) is 10.5. The fraction of sp³-hybridized carbons (Fsp3) is 0.250. The maximum atomic E-state index is 5.56. The van der Waals surface area contributed by atoms with Crippen molar-refractivity contribution in [2.45, 2.75) is 0 Å². The SMILES string of the molecule is CNCCOc1ccc2ncccc2c1. The van der Waals surface area contributed by atoms with E-state index in [0.29, 0.717) is 6.61 Å². The highest BCUT2D eigenvalue weighted by molar-refractivity contribution is 5.79. The van der Waals surface area contributed by atoms with E-state index < -0.39 is 0 Å². The molecule has 3 nitrogen and oxygen atoms in total. The molecule has 0 aliphatic rings. The first-order valence-corrected chi connectivity index (χ1v) is 5.02. The Bertz CT molecular complexity index is 442. The zero-order valence-corrected chi connectivity index (χ0v) is 8.73. The third-order valence-electron chi connectivity index (χ3n) is 2.20. The Hall–Kier alpha value is -1.61. The molecule has 2 aromatic rings. The van der Waals surface area contributed by atoms with Gasteiger partial charge in [-0.15, -0.1) is 0 Å². The van der Waals surface area contributed by atoms with Crippen molar-refractivity contribution in [3.8, 4) is 5.75 Å². The summed E-state index contributed by atoms with van der Waals surface area (Å²) >= 11 is 0. The van der Waals surface area contributed by atoms with Gasteiger partial charge in [-0.3, -0.25) is 4.98 Å². The number of fused-ring (bicyclic) bond motifs is 1. The van der Waals surface area contributed by atoms with E-state index in [-0.39, 0.29) is 0 Å². The minimum absolute atomic E-state index is 0.683. The van der Waals surface area contributed by atoms with Crippen molar-refractivity contribution in [2.24, 2.45) is 0 Å². The van der Waals surface area contributed by atoms with Crippen LogP contribution in [0.5, 0.6) is 5.75 Å². The van der Waals surface area contributed by atoms with Gasteiger partial charge < -0.3 is 10.1 Å². The van der Waals surface area contributed by atoms with Crippen LogP contribution in [0.15, 0.2) is 36.5 Å². The van der Waals surface area contributed by atoms with Crippen LogP contribution in [-0.2, 0) is 0 Å². The van der Waals surface area contributed by atoms with E-state index in [9.17, 15) is 0 Å². The van der Waals surface area contributed by atoms with Crippen molar-refractivity contribution >= 4 is 10.9 Å². The van der Waals surface area contributed by atoms with E-state index in [4.69, 9.17) is 4.74 Å². The predicted molar refractivity (Wildman–Crippen MR) is 61.2 cm³/mol. The van der Waals surface area contributed by atoms with E-state index in [1.54, 1.807) is 6.20 Å². The summed E-state index contributed by atoms with van der Waals surface area (Å²) in [5.74, 6) is 0.894. The normalized spacial score (nSPS) is 10.5. The van der Waals surface area contributed by atoms with Gasteiger partial charge in [0.1, 0.15) is 12.4 Å². The van der Waals surface area contributed by atoms with Crippen LogP contribution >= 0.6 is 0 Å². The van der Waals surface area contributed by atoms with Gasteiger partial charge in [-0.25, -0.2) is 0 Å². The lowest BCUT2D eigenvalue weighted by Crippen LogP contribution is -2.15. The van der Waals surface area contributed by atoms with E-state index >= 15 is 0 Å². The molecule has 15 heavy (non-hydrogen) atoms. The number of hydrogen-bond acceptors (Lipinski definition) is 3. The summed E-state index contributed by atoms with van der Waals surface area (Å²) in [5.41, 5.74) is 0.999. The topological polar surface area (TPSA) is 34.1 Å². The molecular formula is C12H14N2O. The van der Waals surface area contributed by atoms with E-state index in [0.717, 1.165) is 23.2 Å². The predicted octanol–water partition coefficient (Wildman–Crippen LogP) is 1.83. The molecule has 0 saturated carbocycles. The second-order valence-electron chi connectivity index (χ2n) is 3.31. The highest BCUT2D eigenvalue weighted by Gasteiger charge is 1.96. The van der Waals surface area contributed by atoms with Gasteiger partial charge in [0.25, 0.3) is 0 Å². The van der Waals surface area contributed by atoms with Crippen LogP contribution in [0, 0.1) is 0 Å². The van der Waals surface area contributed by atoms with E-state index in [1.165, 1.54) is 0 Å². The Balaban J connectivity index is 2.16. The Labute approximate surface area is 89.1 Å². The van der Waals surface area contributed by atoms with Crippen LogP contribution in [0.2, 0.25) is 0 Å². The number of aromatic nitrogens is 1. The molecule has 0 aliphatic heterocycles. The Morgan fingerprint density at radius 2 is 2.27 bits per heavy atom. The molecule has 0 atom stereocenters. The average molecular weight is 202 g/mol. The van der Waals surface area contributed by atoms with Crippen molar-refractivity contribution in [1.29, 1.82) is 0 Å². The Kier molecular flexibility index (Phi) is 3.15. The molecule has 1 heterocycles. The van der Waals surface area contributed by atoms with Crippen LogP contribution in [0.1, 0.15) is 0 Å². The average Bonchev–Trinajstić information content (AvgIpc) is 2.29. The molecular weight excluding hydrogens is 188 g/mol. The highest BCUT2D eigenvalue weighted by Crippen LogP contribution is 2.18. The molecule has 3 heteroatoms. The van der Waals surface area contributed by atoms with Crippen molar-refractivity contribution in [1.82, 2.24) is 10.3 Å². The molecule has 0 aliphatic carbocycles. The van der Waals surface area contributed by atoms with Crippen molar-refractivity contribution in [2.75, 3.05) is 20.2 Å². The monoisotopic (exact) mass is 202 g/mol. The maximum Gasteiger partial charge on any atom is 0.120 e. The lowest BCUT2D eigenvalue weighted by Gasteiger charge is -2.06. The molecule has 0 saturated heterocycles. The molecule has 1 aromatic heterocycles. The number of nitrogens with one attached hydrogen (secondary N) is 1. The van der Waals surface area contributed by atoms with Gasteiger partial charge in [0, 0.05) is 18.1 Å². The molecule has 0 fully saturated rings. The summed E-state index contributed by atoms with van der Waals surface area (Å²) < 4.78 is 5.56. The van der Waals surface area contributed by atoms with Gasteiger partial charge in [-0.05, 0) is 31.3 Å². The quantitative estimate of drug-likeness (QED) is 0.768. The van der Waals surface area contributed by atoms with Gasteiger partial charge in [0.05, 0.1) is 5.52 Å². The minimum atomic E-state index is 0.683. The van der Waals surface area contributed by atoms with Gasteiger partial charge in [-0.2, -0.15) is 0 Å². The second-order valence-corrected chi connectivity index (χ2v) is 3.31. The minimum Gasteiger partial charge on any atom is -0.492 e. The summed E-state index contributed by atoms with van der Waals surface area (Å²) in [6, 6.07) is 9.90. The van der Waals surface area contributed by atoms with Gasteiger partial charge in [0.2, 0.25) is 0 Å². The smallest absolute Gasteiger partial charge is 0.120 e. The number of hydrogen-bond donors (Lipinski definition) is 1. The van der Waals surface area contributed by atoms with Crippen LogP contribution in [0.25, 0.3) is 10.9 Å². The molecule has 78 valence electrons. The van der Waals surface area contributed by atoms with Crippen LogP contribution in [0.4, 0.5) is 0 Å². The summed E-state index contributed by atoms with van der Waals surface area (Å²) in [6.45, 7) is 1.54. The molecule has 1 N–H and O–H groups in total. The van der Waals surface area contributed by atoms with Crippen LogP contribution < -0.4 is 10.1 Å². The van der Waals surface area contributed by atoms with E-state index in [1.807, 2.05) is 37.4 Å². The largest absolute Gasteiger partial charge is 0.492 e. The standard InChI is InChI=1S/C12H14N2O/c1-13-7-8-15-11-4-5-12-10(9-11)3-2-6-14-12/h2-6,9,13H,7-8H2,1H3. The van der Waals surface area contributed by atoms with Crippen LogP contribution in [0.3, 0.4) is 0 Å². The zero-order valence-electron chi connectivity index (χ0n) is 8.73. The van der Waals surface area contributed by atoms with Crippen molar-refractivity contribution < 1.29 is 4.74 Å². The number of nitrogens with zero attached hydrogens (tertiary/aromatic N) is 1. The molecule has 0 unspecified atom stereocenters. The number of rotatable bonds is 4. The summed E-state index contributed by atoms with van der Waals surface area (Å²) in [7, 11) is 1.91. The third kappa shape index (κ3) is 2.44. The highest BCUT2D eigenvalue weighted by atomic mass is 16.5. The second kappa shape index (κ2) is 4.75. The first-order chi connectivity index (χ1) is 7.40. The Morgan fingerprint density at radius 3 is 3.13 bits per heavy atom. The fourth-order valence-electron chi connectivity index (χ4n) is 1.41. The molecule has 0 spiro atoms. The van der Waals surface area contributed by atoms with Crippen molar-refractivity contribution in [3.63, 3.8) is 0 Å². The number of pyridine rings is 1. The summed E-state index contributed by atoms with van der Waals surface area (Å²) in [5, 5.41) is 4.15. The Morgan fingerprint density at radius 1 is 1.33 bits per heavy atom. The number of likely N-dealkylation sites (N-methyl/N-ethyl adjacent to an activating group) is 1. The lowest BCUT2D eigenvalue weighted by molar-refractivity contribution is 0.319. The van der Waals surface area contributed by atoms with Gasteiger partial charge >= 0.3 is 0 Å². The van der Waals surface area contributed by atoms with E-state index in [2.05, 4.69) is 10.3 Å².